The molecular formula is C28H32N2O5. The monoisotopic (exact) mass is 476 g/mol. The molecule has 7 nitrogen and oxygen atoms in total. The van der Waals surface area contributed by atoms with Crippen molar-refractivity contribution in [2.24, 2.45) is 11.8 Å². The van der Waals surface area contributed by atoms with E-state index in [1.807, 2.05) is 24.3 Å². The number of aliphatic carboxylic acids is 1. The number of benzene rings is 2. The molecule has 2 amide bonds. The van der Waals surface area contributed by atoms with Gasteiger partial charge < -0.3 is 20.5 Å². The lowest BCUT2D eigenvalue weighted by atomic mass is 9.79. The van der Waals surface area contributed by atoms with Gasteiger partial charge in [0.1, 0.15) is 6.61 Å². The van der Waals surface area contributed by atoms with Crippen molar-refractivity contribution in [2.75, 3.05) is 13.2 Å². The maximum atomic E-state index is 12.8. The minimum Gasteiger partial charge on any atom is -0.481 e. The number of carbonyl (C=O) groups excluding carboxylic acids is 2. The van der Waals surface area contributed by atoms with Crippen LogP contribution in [0, 0.1) is 11.8 Å². The van der Waals surface area contributed by atoms with Crippen LogP contribution in [0.1, 0.15) is 62.0 Å². The van der Waals surface area contributed by atoms with Gasteiger partial charge in [-0.15, -0.1) is 0 Å². The quantitative estimate of drug-likeness (QED) is 0.522. The molecule has 0 bridgehead atoms. The Morgan fingerprint density at radius 1 is 0.943 bits per heavy atom. The molecule has 0 heterocycles. The third-order valence-corrected chi connectivity index (χ3v) is 7.80. The molecule has 2 aromatic carbocycles. The maximum Gasteiger partial charge on any atom is 0.407 e. The van der Waals surface area contributed by atoms with Crippen molar-refractivity contribution < 1.29 is 24.2 Å². The van der Waals surface area contributed by atoms with Crippen LogP contribution in [-0.4, -0.2) is 41.8 Å². The molecule has 2 saturated carbocycles. The highest BCUT2D eigenvalue weighted by Gasteiger charge is 2.46. The van der Waals surface area contributed by atoms with Crippen molar-refractivity contribution in [2.45, 2.75) is 56.4 Å². The normalized spacial score (nSPS) is 21.9. The molecule has 2 aromatic rings. The van der Waals surface area contributed by atoms with Crippen molar-refractivity contribution in [1.82, 2.24) is 10.6 Å². The van der Waals surface area contributed by atoms with Crippen LogP contribution < -0.4 is 10.6 Å². The maximum absolute atomic E-state index is 12.8. The number of carbonyl (C=O) groups is 3. The Balaban J connectivity index is 1.10. The predicted molar refractivity (Wildman–Crippen MR) is 131 cm³/mol. The van der Waals surface area contributed by atoms with E-state index in [1.54, 1.807) is 0 Å². The summed E-state index contributed by atoms with van der Waals surface area (Å²) in [5.74, 6) is -1.09. The first-order chi connectivity index (χ1) is 17.0. The Hall–Kier alpha value is -3.35. The zero-order valence-corrected chi connectivity index (χ0v) is 19.8. The highest BCUT2D eigenvalue weighted by molar-refractivity contribution is 5.83. The summed E-state index contributed by atoms with van der Waals surface area (Å²) in [5.41, 5.74) is 4.07. The fraction of sp³-hybridized carbons (Fsp3) is 0.464. The summed E-state index contributed by atoms with van der Waals surface area (Å²) < 4.78 is 5.58. The van der Waals surface area contributed by atoms with Gasteiger partial charge in [0, 0.05) is 18.4 Å². The van der Waals surface area contributed by atoms with Gasteiger partial charge in [0.15, 0.2) is 0 Å². The minimum atomic E-state index is -0.878. The molecule has 184 valence electrons. The molecule has 5 rings (SSSR count). The molecule has 2 fully saturated rings. The van der Waals surface area contributed by atoms with Gasteiger partial charge in [0.2, 0.25) is 5.91 Å². The number of ether oxygens (including phenoxy) is 1. The van der Waals surface area contributed by atoms with E-state index in [4.69, 9.17) is 4.74 Å². The van der Waals surface area contributed by atoms with Gasteiger partial charge in [-0.3, -0.25) is 9.59 Å². The first-order valence-corrected chi connectivity index (χ1v) is 12.6. The van der Waals surface area contributed by atoms with Gasteiger partial charge in [0.25, 0.3) is 0 Å². The molecule has 0 radical (unpaired) electrons. The summed E-state index contributed by atoms with van der Waals surface area (Å²) in [6, 6.07) is 16.4. The third-order valence-electron chi connectivity index (χ3n) is 7.80. The number of carboxylic acid groups (broad SMARTS) is 1. The molecule has 7 heteroatoms. The van der Waals surface area contributed by atoms with Crippen LogP contribution in [0.2, 0.25) is 0 Å². The van der Waals surface area contributed by atoms with Crippen LogP contribution >= 0.6 is 0 Å². The Labute approximate surface area is 205 Å². The largest absolute Gasteiger partial charge is 0.481 e. The molecule has 0 aromatic heterocycles. The number of nitrogens with one attached hydrogen (secondary N) is 2. The predicted octanol–water partition coefficient (Wildman–Crippen LogP) is 4.46. The second kappa shape index (κ2) is 9.72. The number of hydrogen-bond acceptors (Lipinski definition) is 4. The van der Waals surface area contributed by atoms with Gasteiger partial charge in [-0.05, 0) is 47.4 Å². The van der Waals surface area contributed by atoms with Gasteiger partial charge >= 0.3 is 12.1 Å². The summed E-state index contributed by atoms with van der Waals surface area (Å²) in [6.07, 6.45) is 4.55. The van der Waals surface area contributed by atoms with E-state index < -0.39 is 17.6 Å². The van der Waals surface area contributed by atoms with Crippen LogP contribution in [-0.2, 0) is 14.3 Å². The van der Waals surface area contributed by atoms with E-state index in [1.165, 1.54) is 22.3 Å². The average Bonchev–Trinajstić information content (AvgIpc) is 3.57. The Morgan fingerprint density at radius 3 is 2.20 bits per heavy atom. The number of hydrogen-bond donors (Lipinski definition) is 3. The van der Waals surface area contributed by atoms with E-state index in [2.05, 4.69) is 34.9 Å². The second-order valence-electron chi connectivity index (χ2n) is 10.2. The number of carboxylic acids is 1. The van der Waals surface area contributed by atoms with Crippen molar-refractivity contribution in [1.29, 1.82) is 0 Å². The molecule has 2 atom stereocenters. The fourth-order valence-electron chi connectivity index (χ4n) is 5.88. The van der Waals surface area contributed by atoms with E-state index in [0.29, 0.717) is 25.8 Å². The van der Waals surface area contributed by atoms with Gasteiger partial charge in [-0.1, -0.05) is 67.8 Å². The summed E-state index contributed by atoms with van der Waals surface area (Å²) >= 11 is 0. The van der Waals surface area contributed by atoms with E-state index >= 15 is 0 Å². The summed E-state index contributed by atoms with van der Waals surface area (Å²) in [7, 11) is 0. The molecule has 35 heavy (non-hydrogen) atoms. The first-order valence-electron chi connectivity index (χ1n) is 12.6. The molecule has 0 aliphatic heterocycles. The molecule has 3 aliphatic carbocycles. The second-order valence-corrected chi connectivity index (χ2v) is 10.2. The van der Waals surface area contributed by atoms with Crippen molar-refractivity contribution >= 4 is 18.0 Å². The molecule has 3 N–H and O–H groups in total. The number of alkyl carbamates (subject to hydrolysis) is 1. The molecule has 0 saturated heterocycles. The lowest BCUT2D eigenvalue weighted by molar-refractivity contribution is -0.139. The van der Waals surface area contributed by atoms with Crippen LogP contribution in [0.3, 0.4) is 0 Å². The Kier molecular flexibility index (Phi) is 6.50. The lowest BCUT2D eigenvalue weighted by Crippen LogP contribution is -2.51. The van der Waals surface area contributed by atoms with Crippen LogP contribution in [0.4, 0.5) is 4.79 Å². The van der Waals surface area contributed by atoms with Crippen LogP contribution in [0.5, 0.6) is 0 Å². The van der Waals surface area contributed by atoms with Gasteiger partial charge in [0.05, 0.1) is 12.0 Å². The minimum absolute atomic E-state index is 0.00789. The zero-order valence-electron chi connectivity index (χ0n) is 19.8. The third kappa shape index (κ3) is 5.04. The van der Waals surface area contributed by atoms with Crippen molar-refractivity contribution in [3.05, 3.63) is 59.7 Å². The molecule has 0 spiro atoms. The summed E-state index contributed by atoms with van der Waals surface area (Å²) in [5, 5.41) is 15.2. The first kappa shape index (κ1) is 23.4. The summed E-state index contributed by atoms with van der Waals surface area (Å²) in [6.45, 7) is 0.632. The molecular weight excluding hydrogens is 444 g/mol. The standard InChI is InChI=1S/C28H32N2O5/c31-25(32)15-28(12-6-1-7-13-28)30-26(33)23-14-18(23)16-29-27(34)35-17-24-21-10-4-2-8-19(21)20-9-3-5-11-22(20)24/h2-5,8-11,18,23-24H,1,6-7,12-17H2,(H,29,34)(H,30,33)(H,31,32)/t18-,23-/m0/s1. The SMILES string of the molecule is O=C(O)CC1(NC(=O)[C@H]2C[C@H]2CNC(=O)OCC2c3ccccc3-c3ccccc32)CCCCC1. The number of fused-ring (bicyclic) bond motifs is 3. The number of amides is 2. The number of rotatable bonds is 8. The van der Waals surface area contributed by atoms with E-state index in [9.17, 15) is 19.5 Å². The smallest absolute Gasteiger partial charge is 0.407 e. The van der Waals surface area contributed by atoms with Gasteiger partial charge in [-0.25, -0.2) is 4.79 Å². The Bertz CT molecular complexity index is 1080. The van der Waals surface area contributed by atoms with Crippen molar-refractivity contribution in [3.63, 3.8) is 0 Å². The fourth-order valence-corrected chi connectivity index (χ4v) is 5.88. The summed E-state index contributed by atoms with van der Waals surface area (Å²) in [4.78, 5) is 36.6. The lowest BCUT2D eigenvalue weighted by Gasteiger charge is -2.37. The topological polar surface area (TPSA) is 105 Å². The van der Waals surface area contributed by atoms with Crippen LogP contribution in [0.15, 0.2) is 48.5 Å². The Morgan fingerprint density at radius 2 is 1.57 bits per heavy atom. The molecule has 3 aliphatic rings. The van der Waals surface area contributed by atoms with E-state index in [-0.39, 0.29) is 36.7 Å². The highest BCUT2D eigenvalue weighted by Crippen LogP contribution is 2.44. The molecule has 0 unspecified atom stereocenters. The van der Waals surface area contributed by atoms with E-state index in [0.717, 1.165) is 19.3 Å². The van der Waals surface area contributed by atoms with Crippen molar-refractivity contribution in [3.8, 4) is 11.1 Å². The highest BCUT2D eigenvalue weighted by atomic mass is 16.5. The zero-order chi connectivity index (χ0) is 24.4. The van der Waals surface area contributed by atoms with Crippen LogP contribution in [0.25, 0.3) is 11.1 Å². The van der Waals surface area contributed by atoms with Gasteiger partial charge in [-0.2, -0.15) is 0 Å². The average molecular weight is 477 g/mol.